The number of nitrogens with two attached hydrogens (primary N) is 1. The molecule has 0 bridgehead atoms. The van der Waals surface area contributed by atoms with Crippen molar-refractivity contribution >= 4 is 23.6 Å². The first-order valence-electron chi connectivity index (χ1n) is 19.4. The van der Waals surface area contributed by atoms with Crippen LogP contribution in [0.25, 0.3) is 0 Å². The highest BCUT2D eigenvalue weighted by Gasteiger charge is 2.60. The molecule has 1 spiro atoms. The van der Waals surface area contributed by atoms with Gasteiger partial charge < -0.3 is 80.5 Å². The Kier molecular flexibility index (Phi) is 14.8. The van der Waals surface area contributed by atoms with Crippen molar-refractivity contribution in [2.45, 2.75) is 95.4 Å². The Hall–Kier alpha value is -5.73. The number of phenolic OH excluding ortho intramolecular Hbond substituents is 2. The summed E-state index contributed by atoms with van der Waals surface area (Å²) in [5, 5.41) is 84.0. The number of methoxy groups -OCH3 is 1. The second-order valence-corrected chi connectivity index (χ2v) is 15.0. The molecule has 2 aliphatic rings. The number of aromatic hydroxyl groups is 2. The van der Waals surface area contributed by atoms with E-state index in [1.54, 1.807) is 0 Å². The average Bonchev–Trinajstić information content (AvgIpc) is 3.21. The molecule has 328 valence electrons. The summed E-state index contributed by atoms with van der Waals surface area (Å²) in [4.78, 5) is 30.0. The fourth-order valence-electron chi connectivity index (χ4n) is 7.03. The number of fused-ring (bicyclic) bond motifs is 1. The van der Waals surface area contributed by atoms with Gasteiger partial charge >= 0.3 is 11.9 Å². The number of nitrogens with zero attached hydrogens (tertiary/aromatic N) is 1. The lowest BCUT2D eigenvalue weighted by Gasteiger charge is -2.50. The Labute approximate surface area is 346 Å². The summed E-state index contributed by atoms with van der Waals surface area (Å²) < 4.78 is 34.6. The van der Waals surface area contributed by atoms with E-state index < -0.39 is 77.7 Å². The van der Waals surface area contributed by atoms with Crippen LogP contribution < -0.4 is 35.3 Å². The number of hydrogen-bond donors (Lipinski definition) is 10. The predicted molar refractivity (Wildman–Crippen MR) is 215 cm³/mol. The number of rotatable bonds is 16. The number of phenols is 2. The van der Waals surface area contributed by atoms with E-state index in [0.717, 1.165) is 12.0 Å². The number of nitrogens with one attached hydrogen (secondary N) is 2. The number of aliphatic imine (C=N–C) groups is 1. The SMILES string of the molecule is CN=C(N)NCOc1cc(C(=O)O)c(N[C@H](C)CCC(C)C)cc1O[C@H]1O[C@@]2(CCc3c(OC)c(O)c(OCCc4ccccc4)c(O)c3C(=O)O[C@H]2O)[C@@H](O)[C@H](O)[C@H]1O. The number of aliphatic hydroxyl groups is 4. The van der Waals surface area contributed by atoms with Crippen LogP contribution in [0, 0.1) is 5.92 Å². The first kappa shape index (κ1) is 45.4. The molecule has 1 saturated heterocycles. The normalized spacial score (nSPS) is 23.5. The minimum Gasteiger partial charge on any atom is -0.504 e. The second kappa shape index (κ2) is 19.6. The van der Waals surface area contributed by atoms with Gasteiger partial charge in [0.05, 0.1) is 25.0 Å². The van der Waals surface area contributed by atoms with Crippen LogP contribution in [0.3, 0.4) is 0 Å². The Morgan fingerprint density at radius 1 is 1.00 bits per heavy atom. The molecule has 3 aromatic rings. The number of aromatic carboxylic acids is 1. The molecule has 60 heavy (non-hydrogen) atoms. The van der Waals surface area contributed by atoms with E-state index in [1.807, 2.05) is 37.3 Å². The molecule has 1 fully saturated rings. The molecule has 0 amide bonds. The zero-order chi connectivity index (χ0) is 43.9. The fourth-order valence-corrected chi connectivity index (χ4v) is 7.03. The minimum absolute atomic E-state index is 0.00209. The number of esters is 1. The van der Waals surface area contributed by atoms with Crippen molar-refractivity contribution in [3.05, 3.63) is 64.7 Å². The van der Waals surface area contributed by atoms with Crippen molar-refractivity contribution in [1.29, 1.82) is 0 Å². The van der Waals surface area contributed by atoms with Crippen LogP contribution >= 0.6 is 0 Å². The predicted octanol–water partition coefficient (Wildman–Crippen LogP) is 2.21. The Bertz CT molecular complexity index is 2020. The highest BCUT2D eigenvalue weighted by molar-refractivity contribution is 5.97. The van der Waals surface area contributed by atoms with Crippen molar-refractivity contribution in [3.63, 3.8) is 0 Å². The van der Waals surface area contributed by atoms with E-state index in [2.05, 4.69) is 29.5 Å². The number of hydrogen-bond acceptors (Lipinski definition) is 16. The average molecular weight is 843 g/mol. The summed E-state index contributed by atoms with van der Waals surface area (Å²) in [6.07, 6.45) is -9.51. The van der Waals surface area contributed by atoms with E-state index >= 15 is 0 Å². The van der Waals surface area contributed by atoms with E-state index in [1.165, 1.54) is 26.3 Å². The number of aliphatic hydroxyl groups excluding tert-OH is 4. The van der Waals surface area contributed by atoms with Crippen molar-refractivity contribution in [3.8, 4) is 34.5 Å². The van der Waals surface area contributed by atoms with Gasteiger partial charge in [0.25, 0.3) is 0 Å². The lowest BCUT2D eigenvalue weighted by atomic mass is 9.80. The largest absolute Gasteiger partial charge is 0.504 e. The Morgan fingerprint density at radius 2 is 1.72 bits per heavy atom. The molecule has 11 N–H and O–H groups in total. The molecule has 2 aliphatic heterocycles. The first-order chi connectivity index (χ1) is 28.5. The number of anilines is 1. The third kappa shape index (κ3) is 9.82. The van der Waals surface area contributed by atoms with E-state index in [4.69, 9.17) is 34.2 Å². The molecule has 2 heterocycles. The van der Waals surface area contributed by atoms with Crippen LogP contribution in [0.1, 0.15) is 71.9 Å². The zero-order valence-corrected chi connectivity index (χ0v) is 34.0. The smallest absolute Gasteiger partial charge is 0.344 e. The molecule has 3 aromatic carbocycles. The zero-order valence-electron chi connectivity index (χ0n) is 34.0. The third-order valence-electron chi connectivity index (χ3n) is 10.4. The van der Waals surface area contributed by atoms with Gasteiger partial charge in [-0.2, -0.15) is 0 Å². The Balaban J connectivity index is 1.50. The van der Waals surface area contributed by atoms with Gasteiger partial charge in [-0.25, -0.2) is 9.59 Å². The lowest BCUT2D eigenvalue weighted by molar-refractivity contribution is -0.357. The van der Waals surface area contributed by atoms with Crippen molar-refractivity contribution in [2.24, 2.45) is 16.6 Å². The number of cyclic esters (lactones) is 1. The molecule has 0 aliphatic carbocycles. The molecule has 5 rings (SSSR count). The van der Waals surface area contributed by atoms with Crippen LogP contribution in [-0.2, 0) is 22.3 Å². The number of ether oxygens (including phenoxy) is 6. The highest BCUT2D eigenvalue weighted by atomic mass is 16.7. The van der Waals surface area contributed by atoms with Crippen LogP contribution in [-0.4, -0.2) is 124 Å². The van der Waals surface area contributed by atoms with E-state index in [0.29, 0.717) is 18.8 Å². The summed E-state index contributed by atoms with van der Waals surface area (Å²) in [6.45, 7) is 5.64. The monoisotopic (exact) mass is 842 g/mol. The number of benzene rings is 3. The molecule has 0 radical (unpaired) electrons. The van der Waals surface area contributed by atoms with Gasteiger partial charge in [-0.15, -0.1) is 0 Å². The van der Waals surface area contributed by atoms with Gasteiger partial charge in [-0.1, -0.05) is 44.2 Å². The van der Waals surface area contributed by atoms with Crippen molar-refractivity contribution < 1.29 is 73.8 Å². The van der Waals surface area contributed by atoms with Crippen LogP contribution in [0.4, 0.5) is 5.69 Å². The van der Waals surface area contributed by atoms with Crippen LogP contribution in [0.15, 0.2) is 47.5 Å². The number of carbonyl (C=O) groups excluding carboxylic acids is 1. The highest BCUT2D eigenvalue weighted by Crippen LogP contribution is 2.51. The molecule has 0 saturated carbocycles. The number of guanidine groups is 1. The van der Waals surface area contributed by atoms with Gasteiger partial charge in [-0.05, 0) is 44.1 Å². The maximum atomic E-state index is 13.8. The maximum absolute atomic E-state index is 13.8. The summed E-state index contributed by atoms with van der Waals surface area (Å²) in [5.41, 5.74) is 3.49. The van der Waals surface area contributed by atoms with Crippen molar-refractivity contribution in [2.75, 3.05) is 32.8 Å². The topological polar surface area (TPSA) is 294 Å². The number of carboxylic acids is 1. The van der Waals surface area contributed by atoms with Crippen molar-refractivity contribution in [1.82, 2.24) is 5.32 Å². The van der Waals surface area contributed by atoms with Gasteiger partial charge in [0.2, 0.25) is 24.1 Å². The second-order valence-electron chi connectivity index (χ2n) is 15.0. The summed E-state index contributed by atoms with van der Waals surface area (Å²) in [6, 6.07) is 11.5. The maximum Gasteiger partial charge on any atom is 0.344 e. The molecule has 19 heteroatoms. The van der Waals surface area contributed by atoms with Crippen LogP contribution in [0.5, 0.6) is 34.5 Å². The lowest BCUT2D eigenvalue weighted by Crippen LogP contribution is -2.70. The van der Waals surface area contributed by atoms with Crippen LogP contribution in [0.2, 0.25) is 0 Å². The van der Waals surface area contributed by atoms with Gasteiger partial charge in [0.1, 0.15) is 23.9 Å². The molecular weight excluding hydrogens is 788 g/mol. The van der Waals surface area contributed by atoms with Gasteiger partial charge in [0, 0.05) is 37.2 Å². The van der Waals surface area contributed by atoms with E-state index in [-0.39, 0.29) is 65.8 Å². The third-order valence-corrected chi connectivity index (χ3v) is 10.4. The molecule has 0 aromatic heterocycles. The van der Waals surface area contributed by atoms with E-state index in [9.17, 15) is 45.3 Å². The molecular formula is C41H54N4O15. The fraction of sp³-hybridized carbons (Fsp3) is 0.488. The number of carbonyl (C=O) groups is 2. The summed E-state index contributed by atoms with van der Waals surface area (Å²) >= 11 is 0. The Morgan fingerprint density at radius 3 is 2.37 bits per heavy atom. The first-order valence-corrected chi connectivity index (χ1v) is 19.4. The number of carboxylic acid groups (broad SMARTS) is 1. The molecule has 0 unspecified atom stereocenters. The quantitative estimate of drug-likeness (QED) is 0.0428. The minimum atomic E-state index is -2.43. The summed E-state index contributed by atoms with van der Waals surface area (Å²) in [5.74, 6) is -4.87. The molecule has 7 atom stereocenters. The van der Waals surface area contributed by atoms with Gasteiger partial charge in [0.15, 0.2) is 41.3 Å². The summed E-state index contributed by atoms with van der Waals surface area (Å²) in [7, 11) is 2.63. The molecule has 19 nitrogen and oxygen atoms in total. The van der Waals surface area contributed by atoms with Gasteiger partial charge in [-0.3, -0.25) is 4.99 Å². The standard InChI is InChI=1S/C41H54N4O15/c1-20(2)11-12-21(3)45-25-18-27(26(17-24(25)36(51)52)57-19-44-40(42)43-4)58-38-31(48)30(47)35(50)41(60-38)15-13-23-28(37(53)59-39(41)54)29(46)34(32(49)33(23)55-5)56-16-14-22-9-7-6-8-10-22/h6-10,17-18,20-21,30-31,35,38-39,45-50,54H,11-16,19H2,1-5H3,(H,51,52)(H3,42,43,44)/t21-,30-,31-,35+,38+,39-,41+/m1/s1.